The van der Waals surface area contributed by atoms with E-state index < -0.39 is 0 Å². The minimum absolute atomic E-state index is 0.506. The van der Waals surface area contributed by atoms with Crippen LogP contribution in [0.4, 0.5) is 17.3 Å². The van der Waals surface area contributed by atoms with E-state index in [0.29, 0.717) is 22.7 Å². The van der Waals surface area contributed by atoms with Crippen molar-refractivity contribution in [2.75, 3.05) is 17.3 Å². The van der Waals surface area contributed by atoms with E-state index in [1.54, 1.807) is 0 Å². The molecule has 0 atom stereocenters. The van der Waals surface area contributed by atoms with Crippen molar-refractivity contribution in [3.05, 3.63) is 35.1 Å². The Morgan fingerprint density at radius 3 is 2.74 bits per heavy atom. The van der Waals surface area contributed by atoms with Crippen LogP contribution >= 0.6 is 15.9 Å². The van der Waals surface area contributed by atoms with E-state index in [-0.39, 0.29) is 0 Å². The van der Waals surface area contributed by atoms with E-state index in [0.717, 1.165) is 11.4 Å². The van der Waals surface area contributed by atoms with Gasteiger partial charge in [0.25, 0.3) is 0 Å². The molecule has 2 rings (SSSR count). The Morgan fingerprint density at radius 2 is 2.00 bits per heavy atom. The van der Waals surface area contributed by atoms with Crippen LogP contribution in [0.25, 0.3) is 0 Å². The number of hydrogen-bond donors (Lipinski definition) is 3. The van der Waals surface area contributed by atoms with Crippen LogP contribution in [0.5, 0.6) is 5.75 Å². The molecule has 0 spiro atoms. The number of para-hydroxylation sites is 2. The third-order valence-electron chi connectivity index (χ3n) is 2.37. The van der Waals surface area contributed by atoms with Crippen molar-refractivity contribution in [3.63, 3.8) is 0 Å². The summed E-state index contributed by atoms with van der Waals surface area (Å²) in [5.74, 6) is 7.24. The number of aromatic nitrogens is 2. The molecule has 19 heavy (non-hydrogen) atoms. The van der Waals surface area contributed by atoms with Gasteiger partial charge in [0.2, 0.25) is 0 Å². The number of hydrogen-bond acceptors (Lipinski definition) is 6. The zero-order valence-electron chi connectivity index (χ0n) is 10.4. The predicted octanol–water partition coefficient (Wildman–Crippen LogP) is 2.67. The van der Waals surface area contributed by atoms with Crippen LogP contribution in [-0.4, -0.2) is 16.6 Å². The maximum absolute atomic E-state index is 5.54. The second-order valence-electron chi connectivity index (χ2n) is 3.58. The molecule has 2 aromatic rings. The van der Waals surface area contributed by atoms with Crippen LogP contribution in [0, 0.1) is 0 Å². The number of nitrogens with two attached hydrogens (primary N) is 1. The van der Waals surface area contributed by atoms with Crippen molar-refractivity contribution in [2.45, 2.75) is 6.92 Å². The molecule has 100 valence electrons. The third-order valence-corrected chi connectivity index (χ3v) is 3.12. The van der Waals surface area contributed by atoms with Crippen LogP contribution in [0.3, 0.4) is 0 Å². The number of anilines is 3. The lowest BCUT2D eigenvalue weighted by Crippen LogP contribution is -2.10. The normalized spacial score (nSPS) is 10.1. The van der Waals surface area contributed by atoms with Crippen molar-refractivity contribution < 1.29 is 4.74 Å². The molecule has 7 heteroatoms. The van der Waals surface area contributed by atoms with Gasteiger partial charge in [0, 0.05) is 0 Å². The topological polar surface area (TPSA) is 85.1 Å². The lowest BCUT2D eigenvalue weighted by Gasteiger charge is -2.13. The molecule has 0 unspecified atom stereocenters. The fourth-order valence-electron chi connectivity index (χ4n) is 1.54. The van der Waals surface area contributed by atoms with Gasteiger partial charge < -0.3 is 15.5 Å². The summed E-state index contributed by atoms with van der Waals surface area (Å²) in [5, 5.41) is 3.18. The van der Waals surface area contributed by atoms with Gasteiger partial charge in [0.1, 0.15) is 22.4 Å². The summed E-state index contributed by atoms with van der Waals surface area (Å²) >= 11 is 3.39. The van der Waals surface area contributed by atoms with E-state index in [1.807, 2.05) is 31.2 Å². The standard InChI is InChI=1S/C12H14BrN5O/c1-2-19-9-6-4-3-5-8(9)17-11-10(13)12(18-14)16-7-15-11/h3-7H,2,14H2,1H3,(H2,15,16,17,18). The van der Waals surface area contributed by atoms with Gasteiger partial charge in [-0.05, 0) is 35.0 Å². The smallest absolute Gasteiger partial charge is 0.159 e. The SMILES string of the molecule is CCOc1ccccc1Nc1ncnc(NN)c1Br. The van der Waals surface area contributed by atoms with E-state index >= 15 is 0 Å². The molecule has 0 fully saturated rings. The maximum Gasteiger partial charge on any atom is 0.159 e. The molecular formula is C12H14BrN5O. The Labute approximate surface area is 119 Å². The van der Waals surface area contributed by atoms with E-state index in [9.17, 15) is 0 Å². The van der Waals surface area contributed by atoms with Crippen LogP contribution < -0.4 is 21.3 Å². The molecule has 0 aliphatic carbocycles. The molecule has 0 saturated carbocycles. The number of nitrogen functional groups attached to an aromatic ring is 1. The summed E-state index contributed by atoms with van der Waals surface area (Å²) in [6.07, 6.45) is 1.42. The molecule has 0 radical (unpaired) electrons. The Morgan fingerprint density at radius 1 is 1.26 bits per heavy atom. The predicted molar refractivity (Wildman–Crippen MR) is 78.4 cm³/mol. The van der Waals surface area contributed by atoms with Crippen molar-refractivity contribution in [1.82, 2.24) is 9.97 Å². The zero-order valence-corrected chi connectivity index (χ0v) is 11.9. The van der Waals surface area contributed by atoms with Gasteiger partial charge in [-0.25, -0.2) is 15.8 Å². The van der Waals surface area contributed by atoms with Crippen molar-refractivity contribution >= 4 is 33.3 Å². The van der Waals surface area contributed by atoms with Gasteiger partial charge in [0.15, 0.2) is 5.82 Å². The Kier molecular flexibility index (Phi) is 4.53. The summed E-state index contributed by atoms with van der Waals surface area (Å²) in [7, 11) is 0. The largest absolute Gasteiger partial charge is 0.492 e. The zero-order chi connectivity index (χ0) is 13.7. The Hall–Kier alpha value is -1.86. The average molecular weight is 324 g/mol. The molecule has 0 amide bonds. The van der Waals surface area contributed by atoms with Crippen LogP contribution in [0.15, 0.2) is 35.1 Å². The van der Waals surface area contributed by atoms with Crippen LogP contribution in [-0.2, 0) is 0 Å². The van der Waals surface area contributed by atoms with Crippen LogP contribution in [0.2, 0.25) is 0 Å². The Balaban J connectivity index is 2.31. The summed E-state index contributed by atoms with van der Waals surface area (Å²) in [6.45, 7) is 2.53. The molecule has 1 heterocycles. The van der Waals surface area contributed by atoms with Gasteiger partial charge in [-0.2, -0.15) is 0 Å². The van der Waals surface area contributed by atoms with Gasteiger partial charge in [-0.3, -0.25) is 0 Å². The highest BCUT2D eigenvalue weighted by atomic mass is 79.9. The first kappa shape index (κ1) is 13.6. The fraction of sp³-hybridized carbons (Fsp3) is 0.167. The number of benzene rings is 1. The lowest BCUT2D eigenvalue weighted by molar-refractivity contribution is 0.342. The van der Waals surface area contributed by atoms with E-state index in [2.05, 4.69) is 36.6 Å². The van der Waals surface area contributed by atoms with E-state index in [1.165, 1.54) is 6.33 Å². The molecule has 1 aromatic carbocycles. The molecular weight excluding hydrogens is 310 g/mol. The highest BCUT2D eigenvalue weighted by Crippen LogP contribution is 2.32. The molecule has 0 saturated heterocycles. The number of nitrogens with one attached hydrogen (secondary N) is 2. The minimum atomic E-state index is 0.506. The molecule has 0 aliphatic heterocycles. The molecule has 0 bridgehead atoms. The third kappa shape index (κ3) is 3.12. The number of hydrazine groups is 1. The Bertz CT molecular complexity index is 564. The molecule has 6 nitrogen and oxygen atoms in total. The maximum atomic E-state index is 5.54. The van der Waals surface area contributed by atoms with Crippen molar-refractivity contribution in [3.8, 4) is 5.75 Å². The highest BCUT2D eigenvalue weighted by Gasteiger charge is 2.10. The van der Waals surface area contributed by atoms with Crippen LogP contribution in [0.1, 0.15) is 6.92 Å². The fourth-order valence-corrected chi connectivity index (χ4v) is 1.95. The second-order valence-corrected chi connectivity index (χ2v) is 4.38. The van der Waals surface area contributed by atoms with Gasteiger partial charge in [-0.15, -0.1) is 0 Å². The average Bonchev–Trinajstić information content (AvgIpc) is 2.43. The van der Waals surface area contributed by atoms with Gasteiger partial charge >= 0.3 is 0 Å². The minimum Gasteiger partial charge on any atom is -0.492 e. The summed E-state index contributed by atoms with van der Waals surface area (Å²) in [4.78, 5) is 8.16. The van der Waals surface area contributed by atoms with Crippen molar-refractivity contribution in [2.24, 2.45) is 5.84 Å². The molecule has 1 aromatic heterocycles. The number of rotatable bonds is 5. The first-order chi connectivity index (χ1) is 9.26. The number of nitrogens with zero attached hydrogens (tertiary/aromatic N) is 2. The molecule has 4 N–H and O–H groups in total. The summed E-state index contributed by atoms with van der Waals surface area (Å²) in [6, 6.07) is 7.64. The van der Waals surface area contributed by atoms with Gasteiger partial charge in [-0.1, -0.05) is 12.1 Å². The second kappa shape index (κ2) is 6.35. The van der Waals surface area contributed by atoms with Crippen molar-refractivity contribution in [1.29, 1.82) is 0 Å². The monoisotopic (exact) mass is 323 g/mol. The molecule has 0 aliphatic rings. The number of ether oxygens (including phenoxy) is 1. The first-order valence-corrected chi connectivity index (χ1v) is 6.51. The lowest BCUT2D eigenvalue weighted by atomic mass is 10.3. The van der Waals surface area contributed by atoms with E-state index in [4.69, 9.17) is 10.6 Å². The highest BCUT2D eigenvalue weighted by molar-refractivity contribution is 9.10. The van der Waals surface area contributed by atoms with Gasteiger partial charge in [0.05, 0.1) is 12.3 Å². The summed E-state index contributed by atoms with van der Waals surface area (Å²) in [5.41, 5.74) is 3.32. The quantitative estimate of drug-likeness (QED) is 0.579. The number of halogens is 1. The first-order valence-electron chi connectivity index (χ1n) is 5.72. The summed E-state index contributed by atoms with van der Waals surface area (Å²) < 4.78 is 6.20.